The molecule has 104 valence electrons. The van der Waals surface area contributed by atoms with Crippen molar-refractivity contribution in [1.29, 1.82) is 0 Å². The van der Waals surface area contributed by atoms with Crippen LogP contribution < -0.4 is 0 Å². The van der Waals surface area contributed by atoms with Crippen molar-refractivity contribution in [3.8, 4) is 10.7 Å². The van der Waals surface area contributed by atoms with Gasteiger partial charge in [-0.05, 0) is 31.3 Å². The maximum Gasteiger partial charge on any atom is 0.199 e. The first-order valence-corrected chi connectivity index (χ1v) is 7.36. The fourth-order valence-corrected chi connectivity index (χ4v) is 3.10. The first-order valence-electron chi connectivity index (χ1n) is 6.21. The summed E-state index contributed by atoms with van der Waals surface area (Å²) < 4.78 is 5.96. The maximum absolute atomic E-state index is 6.15. The Balaban J connectivity index is 2.35. The monoisotopic (exact) mass is 308 g/mol. The summed E-state index contributed by atoms with van der Waals surface area (Å²) in [5.41, 5.74) is 3.31. The highest BCUT2D eigenvalue weighted by molar-refractivity contribution is 7.09. The lowest BCUT2D eigenvalue weighted by atomic mass is 10.1. The Kier molecular flexibility index (Phi) is 3.18. The molecule has 8 heteroatoms. The number of aryl methyl sites for hydroxylation is 2. The SMILES string of the molecule is Cc1nc(Cl)c2nnc(-c3snnc3C(C)C)n2c1C. The molecule has 0 N–H and O–H groups in total. The van der Waals surface area contributed by atoms with Crippen molar-refractivity contribution in [2.45, 2.75) is 33.6 Å². The second-order valence-electron chi connectivity index (χ2n) is 4.90. The van der Waals surface area contributed by atoms with Gasteiger partial charge in [-0.3, -0.25) is 4.40 Å². The quantitative estimate of drug-likeness (QED) is 0.728. The molecule has 0 bridgehead atoms. The molecule has 3 aromatic rings. The molecular weight excluding hydrogens is 296 g/mol. The Morgan fingerprint density at radius 1 is 1.15 bits per heavy atom. The minimum atomic E-state index is 0.273. The normalized spacial score (nSPS) is 11.7. The van der Waals surface area contributed by atoms with Gasteiger partial charge >= 0.3 is 0 Å². The van der Waals surface area contributed by atoms with E-state index in [1.165, 1.54) is 11.5 Å². The Morgan fingerprint density at radius 2 is 1.90 bits per heavy atom. The first kappa shape index (κ1) is 13.4. The van der Waals surface area contributed by atoms with Crippen LogP contribution in [-0.2, 0) is 0 Å². The Labute approximate surface area is 125 Å². The molecule has 0 aliphatic heterocycles. The summed E-state index contributed by atoms with van der Waals surface area (Å²) in [5.74, 6) is 0.999. The van der Waals surface area contributed by atoms with Crippen molar-refractivity contribution in [2.75, 3.05) is 0 Å². The molecule has 3 rings (SSSR count). The molecule has 6 nitrogen and oxygen atoms in total. The molecule has 0 aliphatic rings. The average Bonchev–Trinajstić information content (AvgIpc) is 3.01. The fraction of sp³-hybridized carbons (Fsp3) is 0.417. The summed E-state index contributed by atoms with van der Waals surface area (Å²) in [6, 6.07) is 0. The van der Waals surface area contributed by atoms with Gasteiger partial charge in [0, 0.05) is 5.69 Å². The van der Waals surface area contributed by atoms with Crippen LogP contribution in [0, 0.1) is 13.8 Å². The Bertz CT molecular complexity index is 791. The summed E-state index contributed by atoms with van der Waals surface area (Å²) in [6.07, 6.45) is 0. The zero-order valence-electron chi connectivity index (χ0n) is 11.5. The van der Waals surface area contributed by atoms with E-state index in [1.807, 2.05) is 18.2 Å². The fourth-order valence-electron chi connectivity index (χ4n) is 2.05. The smallest absolute Gasteiger partial charge is 0.199 e. The van der Waals surface area contributed by atoms with Crippen LogP contribution in [0.5, 0.6) is 0 Å². The van der Waals surface area contributed by atoms with Gasteiger partial charge in [0.25, 0.3) is 0 Å². The molecule has 3 aromatic heterocycles. The molecule has 0 aromatic carbocycles. The van der Waals surface area contributed by atoms with Crippen molar-refractivity contribution in [2.24, 2.45) is 0 Å². The van der Waals surface area contributed by atoms with Crippen LogP contribution in [0.1, 0.15) is 36.8 Å². The number of hydrogen-bond acceptors (Lipinski definition) is 6. The molecule has 0 spiro atoms. The lowest BCUT2D eigenvalue weighted by Gasteiger charge is -2.07. The zero-order chi connectivity index (χ0) is 14.4. The van der Waals surface area contributed by atoms with Crippen molar-refractivity contribution in [1.82, 2.24) is 29.2 Å². The van der Waals surface area contributed by atoms with Gasteiger partial charge in [0.05, 0.1) is 11.4 Å². The lowest BCUT2D eigenvalue weighted by molar-refractivity contribution is 0.811. The highest BCUT2D eigenvalue weighted by Gasteiger charge is 2.21. The number of halogens is 1. The van der Waals surface area contributed by atoms with Crippen molar-refractivity contribution in [3.05, 3.63) is 22.2 Å². The molecule has 0 fully saturated rings. The zero-order valence-corrected chi connectivity index (χ0v) is 13.1. The van der Waals surface area contributed by atoms with Crippen LogP contribution in [-0.4, -0.2) is 29.2 Å². The average molecular weight is 309 g/mol. The van der Waals surface area contributed by atoms with Crippen molar-refractivity contribution < 1.29 is 0 Å². The summed E-state index contributed by atoms with van der Waals surface area (Å²) in [6.45, 7) is 8.05. The van der Waals surface area contributed by atoms with Gasteiger partial charge in [0.2, 0.25) is 0 Å². The van der Waals surface area contributed by atoms with Crippen molar-refractivity contribution >= 4 is 28.8 Å². The largest absolute Gasteiger partial charge is 0.274 e. The second-order valence-corrected chi connectivity index (χ2v) is 6.01. The van der Waals surface area contributed by atoms with Gasteiger partial charge in [-0.25, -0.2) is 4.98 Å². The third-order valence-corrected chi connectivity index (χ3v) is 4.23. The summed E-state index contributed by atoms with van der Waals surface area (Å²) in [7, 11) is 0. The maximum atomic E-state index is 6.15. The minimum Gasteiger partial charge on any atom is -0.274 e. The number of nitrogens with zero attached hydrogens (tertiary/aromatic N) is 6. The van der Waals surface area contributed by atoms with E-state index in [9.17, 15) is 0 Å². The molecule has 3 heterocycles. The van der Waals surface area contributed by atoms with Crippen LogP contribution in [0.15, 0.2) is 0 Å². The van der Waals surface area contributed by atoms with E-state index in [1.54, 1.807) is 0 Å². The molecule has 0 atom stereocenters. The number of hydrogen-bond donors (Lipinski definition) is 0. The van der Waals surface area contributed by atoms with E-state index in [0.717, 1.165) is 27.8 Å². The molecule has 20 heavy (non-hydrogen) atoms. The predicted octanol–water partition coefficient (Wildman–Crippen LogP) is 3.04. The van der Waals surface area contributed by atoms with Crippen molar-refractivity contribution in [3.63, 3.8) is 0 Å². The molecule has 0 radical (unpaired) electrons. The standard InChI is InChI=1S/C12H13ClN6S/c1-5(2)8-9(20-18-15-8)11-16-17-12-10(13)14-6(3)7(4)19(11)12/h5H,1-4H3. The molecule has 0 saturated carbocycles. The van der Waals surface area contributed by atoms with Gasteiger partial charge in [0.15, 0.2) is 16.6 Å². The summed E-state index contributed by atoms with van der Waals surface area (Å²) >= 11 is 7.47. The van der Waals surface area contributed by atoms with E-state index in [2.05, 4.69) is 38.6 Å². The van der Waals surface area contributed by atoms with E-state index in [0.29, 0.717) is 10.8 Å². The van der Waals surface area contributed by atoms with Gasteiger partial charge < -0.3 is 0 Å². The van der Waals surface area contributed by atoms with E-state index in [-0.39, 0.29) is 5.92 Å². The van der Waals surface area contributed by atoms with Gasteiger partial charge in [-0.2, -0.15) is 0 Å². The predicted molar refractivity (Wildman–Crippen MR) is 78.3 cm³/mol. The van der Waals surface area contributed by atoms with Gasteiger partial charge in [0.1, 0.15) is 4.88 Å². The van der Waals surface area contributed by atoms with Crippen LogP contribution >= 0.6 is 23.1 Å². The van der Waals surface area contributed by atoms with Crippen LogP contribution in [0.4, 0.5) is 0 Å². The van der Waals surface area contributed by atoms with Crippen LogP contribution in [0.3, 0.4) is 0 Å². The highest BCUT2D eigenvalue weighted by Crippen LogP contribution is 2.31. The summed E-state index contributed by atoms with van der Waals surface area (Å²) in [5, 5.41) is 13.0. The highest BCUT2D eigenvalue weighted by atomic mass is 35.5. The number of aromatic nitrogens is 6. The molecule has 0 aliphatic carbocycles. The van der Waals surface area contributed by atoms with Gasteiger partial charge in [-0.1, -0.05) is 29.9 Å². The minimum absolute atomic E-state index is 0.273. The second kappa shape index (κ2) is 4.75. The number of fused-ring (bicyclic) bond motifs is 1. The lowest BCUT2D eigenvalue weighted by Crippen LogP contribution is -2.01. The van der Waals surface area contributed by atoms with E-state index >= 15 is 0 Å². The Morgan fingerprint density at radius 3 is 2.60 bits per heavy atom. The van der Waals surface area contributed by atoms with E-state index in [4.69, 9.17) is 11.6 Å². The number of rotatable bonds is 2. The Hall–Kier alpha value is -1.60. The van der Waals surface area contributed by atoms with E-state index < -0.39 is 0 Å². The van der Waals surface area contributed by atoms with Crippen LogP contribution in [0.25, 0.3) is 16.3 Å². The topological polar surface area (TPSA) is 68.9 Å². The molecule has 0 saturated heterocycles. The summed E-state index contributed by atoms with van der Waals surface area (Å²) in [4.78, 5) is 5.20. The first-order chi connectivity index (χ1) is 9.50. The third-order valence-electron chi connectivity index (χ3n) is 3.24. The van der Waals surface area contributed by atoms with Gasteiger partial charge in [-0.15, -0.1) is 15.3 Å². The van der Waals surface area contributed by atoms with Crippen LogP contribution in [0.2, 0.25) is 5.15 Å². The molecule has 0 unspecified atom stereocenters. The molecular formula is C12H13ClN6S. The third kappa shape index (κ3) is 1.89. The molecule has 0 amide bonds.